The molecule has 0 spiro atoms. The van der Waals surface area contributed by atoms with Gasteiger partial charge in [-0.2, -0.15) is 0 Å². The lowest BCUT2D eigenvalue weighted by molar-refractivity contribution is -0.113. The van der Waals surface area contributed by atoms with Gasteiger partial charge >= 0.3 is 0 Å². The monoisotopic (exact) mass is 424 g/mol. The Hall–Kier alpha value is -2.50. The average molecular weight is 425 g/mol. The number of amides is 1. The number of carbonyl (C=O) groups excluding carboxylic acids is 1. The van der Waals surface area contributed by atoms with Crippen LogP contribution in [0.3, 0.4) is 0 Å². The lowest BCUT2D eigenvalue weighted by atomic mass is 10.3. The number of nitrogen functional groups attached to an aromatic ring is 1. The van der Waals surface area contributed by atoms with Crippen LogP contribution in [0.5, 0.6) is 0 Å². The molecule has 3 aromatic rings. The number of carbonyl (C=O) groups is 1. The van der Waals surface area contributed by atoms with Crippen molar-refractivity contribution in [3.05, 3.63) is 53.8 Å². The number of thiophene rings is 1. The summed E-state index contributed by atoms with van der Waals surface area (Å²) in [5.74, 6) is -1.29. The van der Waals surface area contributed by atoms with Crippen molar-refractivity contribution in [3.8, 4) is 0 Å². The number of hydrogen-bond acceptors (Lipinski definition) is 8. The summed E-state index contributed by atoms with van der Waals surface area (Å²) in [5, 5.41) is 4.21. The zero-order valence-corrected chi connectivity index (χ0v) is 16.1. The normalized spacial score (nSPS) is 11.3. The molecule has 0 aliphatic heterocycles. The third-order valence-electron chi connectivity index (χ3n) is 3.29. The third-order valence-corrected chi connectivity index (χ3v) is 7.32. The minimum atomic E-state index is -3.78. The second kappa shape index (κ2) is 8.03. The molecule has 0 saturated carbocycles. The van der Waals surface area contributed by atoms with Gasteiger partial charge in [-0.15, -0.1) is 11.3 Å². The van der Waals surface area contributed by atoms with E-state index in [0.29, 0.717) is 0 Å². The molecular weight excluding hydrogens is 411 g/mol. The first kappa shape index (κ1) is 19.3. The number of nitrogens with two attached hydrogens (primary N) is 1. The minimum absolute atomic E-state index is 0.0703. The molecule has 0 bridgehead atoms. The van der Waals surface area contributed by atoms with Crippen molar-refractivity contribution in [2.75, 3.05) is 16.8 Å². The van der Waals surface area contributed by atoms with Crippen LogP contribution in [0.4, 0.5) is 15.9 Å². The number of aromatic nitrogens is 2. The Morgan fingerprint density at radius 2 is 2.04 bits per heavy atom. The van der Waals surface area contributed by atoms with Crippen LogP contribution in [0.2, 0.25) is 0 Å². The molecule has 0 fully saturated rings. The van der Waals surface area contributed by atoms with E-state index in [0.717, 1.165) is 29.3 Å². The van der Waals surface area contributed by atoms with E-state index in [4.69, 9.17) is 5.73 Å². The SMILES string of the molecule is Nc1nc(SCC(=O)Nc2ccccc2F)ncc1S(=O)(=O)c1cccs1. The summed E-state index contributed by atoms with van der Waals surface area (Å²) in [7, 11) is -3.78. The lowest BCUT2D eigenvalue weighted by Gasteiger charge is -2.07. The fourth-order valence-electron chi connectivity index (χ4n) is 2.05. The van der Waals surface area contributed by atoms with Crippen LogP contribution in [-0.2, 0) is 14.6 Å². The van der Waals surface area contributed by atoms with E-state index in [9.17, 15) is 17.6 Å². The Kier molecular flexibility index (Phi) is 5.73. The minimum Gasteiger partial charge on any atom is -0.382 e. The van der Waals surface area contributed by atoms with Crippen LogP contribution < -0.4 is 11.1 Å². The molecular formula is C16H13FN4O3S3. The number of thioether (sulfide) groups is 1. The second-order valence-corrected chi connectivity index (χ2v) is 9.19. The van der Waals surface area contributed by atoms with Crippen LogP contribution in [0.1, 0.15) is 0 Å². The Bertz CT molecular complexity index is 1070. The number of para-hydroxylation sites is 1. The summed E-state index contributed by atoms with van der Waals surface area (Å²) in [6.45, 7) is 0. The van der Waals surface area contributed by atoms with Crippen LogP contribution in [0, 0.1) is 5.82 Å². The standard InChI is InChI=1S/C16H13FN4O3S3/c17-10-4-1-2-5-11(10)20-13(22)9-26-16-19-8-12(15(18)21-16)27(23,24)14-6-3-7-25-14/h1-8H,9H2,(H,20,22)(H2,18,19,21). The van der Waals surface area contributed by atoms with E-state index < -0.39 is 21.6 Å². The van der Waals surface area contributed by atoms with Crippen LogP contribution in [-0.4, -0.2) is 30.0 Å². The van der Waals surface area contributed by atoms with E-state index in [1.165, 1.54) is 24.3 Å². The first-order valence-electron chi connectivity index (χ1n) is 7.46. The smallest absolute Gasteiger partial charge is 0.234 e. The van der Waals surface area contributed by atoms with E-state index in [1.807, 2.05) is 0 Å². The molecule has 0 radical (unpaired) electrons. The van der Waals surface area contributed by atoms with Gasteiger partial charge in [-0.25, -0.2) is 22.8 Å². The number of anilines is 2. The Balaban J connectivity index is 1.68. The van der Waals surface area contributed by atoms with Gasteiger partial charge in [0.2, 0.25) is 15.7 Å². The molecule has 1 amide bonds. The molecule has 3 N–H and O–H groups in total. The molecule has 1 aromatic carbocycles. The van der Waals surface area contributed by atoms with Crippen LogP contribution in [0.15, 0.2) is 62.2 Å². The number of hydrogen-bond donors (Lipinski definition) is 2. The zero-order valence-electron chi connectivity index (χ0n) is 13.6. The molecule has 11 heteroatoms. The van der Waals surface area contributed by atoms with Crippen molar-refractivity contribution in [1.29, 1.82) is 0 Å². The summed E-state index contributed by atoms with van der Waals surface area (Å²) >= 11 is 2.02. The maximum Gasteiger partial charge on any atom is 0.234 e. The largest absolute Gasteiger partial charge is 0.382 e. The van der Waals surface area contributed by atoms with Gasteiger partial charge in [0.05, 0.1) is 17.6 Å². The van der Waals surface area contributed by atoms with Gasteiger partial charge in [-0.3, -0.25) is 4.79 Å². The van der Waals surface area contributed by atoms with Crippen LogP contribution in [0.25, 0.3) is 0 Å². The number of halogens is 1. The number of rotatable bonds is 6. The molecule has 7 nitrogen and oxygen atoms in total. The first-order chi connectivity index (χ1) is 12.9. The molecule has 0 unspecified atom stereocenters. The highest BCUT2D eigenvalue weighted by molar-refractivity contribution is 7.99. The predicted molar refractivity (Wildman–Crippen MR) is 102 cm³/mol. The number of sulfone groups is 1. The van der Waals surface area contributed by atoms with Crippen molar-refractivity contribution in [2.45, 2.75) is 14.3 Å². The Morgan fingerprint density at radius 1 is 1.26 bits per heavy atom. The average Bonchev–Trinajstić information content (AvgIpc) is 3.17. The summed E-state index contributed by atoms with van der Waals surface area (Å²) in [6.07, 6.45) is 1.12. The van der Waals surface area contributed by atoms with Gasteiger partial charge in [-0.05, 0) is 23.6 Å². The number of nitrogens with zero attached hydrogens (tertiary/aromatic N) is 2. The van der Waals surface area contributed by atoms with Crippen molar-refractivity contribution >= 4 is 50.3 Å². The quantitative estimate of drug-likeness (QED) is 0.462. The Labute approximate surface area is 162 Å². The van der Waals surface area contributed by atoms with Gasteiger partial charge in [-0.1, -0.05) is 30.0 Å². The second-order valence-electron chi connectivity index (χ2n) is 5.15. The number of nitrogens with one attached hydrogen (secondary N) is 1. The van der Waals surface area contributed by atoms with E-state index >= 15 is 0 Å². The van der Waals surface area contributed by atoms with Gasteiger partial charge < -0.3 is 11.1 Å². The summed E-state index contributed by atoms with van der Waals surface area (Å²) in [5.41, 5.74) is 5.84. The molecule has 2 heterocycles. The molecule has 2 aromatic heterocycles. The van der Waals surface area contributed by atoms with E-state index in [2.05, 4.69) is 15.3 Å². The molecule has 140 valence electrons. The van der Waals surface area contributed by atoms with Crippen molar-refractivity contribution in [3.63, 3.8) is 0 Å². The van der Waals surface area contributed by atoms with Crippen molar-refractivity contribution < 1.29 is 17.6 Å². The molecule has 0 saturated heterocycles. The molecule has 27 heavy (non-hydrogen) atoms. The number of benzene rings is 1. The van der Waals surface area contributed by atoms with Crippen molar-refractivity contribution in [2.24, 2.45) is 0 Å². The highest BCUT2D eigenvalue weighted by Gasteiger charge is 2.23. The summed E-state index contributed by atoms with van der Waals surface area (Å²) < 4.78 is 38.6. The Morgan fingerprint density at radius 3 is 2.70 bits per heavy atom. The molecule has 0 aliphatic rings. The van der Waals surface area contributed by atoms with Gasteiger partial charge in [0, 0.05) is 0 Å². The lowest BCUT2D eigenvalue weighted by Crippen LogP contribution is -2.15. The van der Waals surface area contributed by atoms with Gasteiger partial charge in [0.25, 0.3) is 0 Å². The predicted octanol–water partition coefficient (Wildman–Crippen LogP) is 2.82. The fourth-order valence-corrected chi connectivity index (χ4v) is 5.05. The summed E-state index contributed by atoms with van der Waals surface area (Å²) in [6, 6.07) is 8.88. The molecule has 0 aliphatic carbocycles. The van der Waals surface area contributed by atoms with E-state index in [-0.39, 0.29) is 31.5 Å². The summed E-state index contributed by atoms with van der Waals surface area (Å²) in [4.78, 5) is 19.6. The van der Waals surface area contributed by atoms with E-state index in [1.54, 1.807) is 17.5 Å². The van der Waals surface area contributed by atoms with Crippen LogP contribution >= 0.6 is 23.1 Å². The van der Waals surface area contributed by atoms with Gasteiger partial charge in [0.1, 0.15) is 20.7 Å². The molecule has 3 rings (SSSR count). The first-order valence-corrected chi connectivity index (χ1v) is 10.8. The highest BCUT2D eigenvalue weighted by Crippen LogP contribution is 2.28. The topological polar surface area (TPSA) is 115 Å². The molecule has 0 atom stereocenters. The highest BCUT2D eigenvalue weighted by atomic mass is 32.2. The zero-order chi connectivity index (χ0) is 19.4. The fraction of sp³-hybridized carbons (Fsp3) is 0.0625. The maximum absolute atomic E-state index is 13.5. The van der Waals surface area contributed by atoms with Crippen molar-refractivity contribution in [1.82, 2.24) is 9.97 Å². The van der Waals surface area contributed by atoms with Gasteiger partial charge in [0.15, 0.2) is 5.16 Å². The maximum atomic E-state index is 13.5. The third kappa shape index (κ3) is 4.43.